The fourth-order valence-corrected chi connectivity index (χ4v) is 0.670. The maximum absolute atomic E-state index is 10.3. The highest BCUT2D eigenvalue weighted by Gasteiger charge is 2.06. The van der Waals surface area contributed by atoms with Gasteiger partial charge in [-0.15, -0.1) is 5.10 Å². The Labute approximate surface area is 67.6 Å². The minimum absolute atomic E-state index is 0.104. The molecule has 7 nitrogen and oxygen atoms in total. The Hall–Kier alpha value is -1.47. The Bertz CT molecular complexity index is 271. The predicted molar refractivity (Wildman–Crippen MR) is 36.8 cm³/mol. The normalized spacial score (nSPS) is 10.1. The zero-order valence-electron chi connectivity index (χ0n) is 6.14. The van der Waals surface area contributed by atoms with Crippen LogP contribution in [-0.2, 0) is 6.54 Å². The second-order valence-electron chi connectivity index (χ2n) is 2.08. The van der Waals surface area contributed by atoms with Crippen molar-refractivity contribution >= 4 is 5.97 Å². The molecule has 0 amide bonds. The molecule has 66 valence electrons. The lowest BCUT2D eigenvalue weighted by Crippen LogP contribution is -2.15. The fourth-order valence-electron chi connectivity index (χ4n) is 0.670. The first-order valence-electron chi connectivity index (χ1n) is 3.24. The highest BCUT2D eigenvalue weighted by atomic mass is 16.5. The molecule has 0 radical (unpaired) electrons. The predicted octanol–water partition coefficient (Wildman–Crippen LogP) is -1.04. The largest absolute Gasteiger partial charge is 0.476 e. The summed E-state index contributed by atoms with van der Waals surface area (Å²) in [7, 11) is 0. The van der Waals surface area contributed by atoms with Crippen LogP contribution >= 0.6 is 0 Å². The van der Waals surface area contributed by atoms with Crippen LogP contribution in [-0.4, -0.2) is 37.8 Å². The summed E-state index contributed by atoms with van der Waals surface area (Å²) in [4.78, 5) is 10.3. The highest BCUT2D eigenvalue weighted by Crippen LogP contribution is 1.91. The van der Waals surface area contributed by atoms with Crippen LogP contribution in [0.4, 0.5) is 0 Å². The maximum Gasteiger partial charge on any atom is 0.358 e. The van der Waals surface area contributed by atoms with Crippen LogP contribution < -0.4 is 5.48 Å². The van der Waals surface area contributed by atoms with Gasteiger partial charge in [0, 0.05) is 6.54 Å². The average molecular weight is 172 g/mol. The van der Waals surface area contributed by atoms with Gasteiger partial charge in [-0.05, 0) is 0 Å². The molecule has 0 bridgehead atoms. The number of nitrogens with zero attached hydrogens (tertiary/aromatic N) is 3. The molecule has 12 heavy (non-hydrogen) atoms. The van der Waals surface area contributed by atoms with Crippen molar-refractivity contribution in [3.05, 3.63) is 11.9 Å². The third kappa shape index (κ3) is 2.01. The number of hydroxylamine groups is 1. The third-order valence-electron chi connectivity index (χ3n) is 1.21. The van der Waals surface area contributed by atoms with Crippen LogP contribution in [0.15, 0.2) is 6.20 Å². The minimum atomic E-state index is -1.11. The van der Waals surface area contributed by atoms with Crippen LogP contribution in [0.25, 0.3) is 0 Å². The molecule has 0 atom stereocenters. The number of aromatic nitrogens is 3. The molecule has 0 saturated carbocycles. The molecule has 0 aliphatic heterocycles. The molecule has 0 spiro atoms. The molecule has 3 N–H and O–H groups in total. The quantitative estimate of drug-likeness (QED) is 0.501. The Balaban J connectivity index is 2.58. The van der Waals surface area contributed by atoms with Crippen LogP contribution in [0, 0.1) is 0 Å². The van der Waals surface area contributed by atoms with E-state index in [0.29, 0.717) is 13.1 Å². The molecule has 0 aliphatic rings. The molecule has 0 unspecified atom stereocenters. The molecule has 0 aromatic carbocycles. The van der Waals surface area contributed by atoms with Crippen LogP contribution in [0.5, 0.6) is 0 Å². The van der Waals surface area contributed by atoms with E-state index in [1.54, 1.807) is 0 Å². The topological polar surface area (TPSA) is 100 Å². The smallest absolute Gasteiger partial charge is 0.358 e. The van der Waals surface area contributed by atoms with Gasteiger partial charge in [-0.1, -0.05) is 5.21 Å². The van der Waals surface area contributed by atoms with Gasteiger partial charge in [0.25, 0.3) is 0 Å². The summed E-state index contributed by atoms with van der Waals surface area (Å²) in [5.41, 5.74) is 1.81. The van der Waals surface area contributed by atoms with Crippen molar-refractivity contribution in [2.75, 3.05) is 6.54 Å². The first kappa shape index (κ1) is 8.62. The summed E-state index contributed by atoms with van der Waals surface area (Å²) >= 11 is 0. The Kier molecular flexibility index (Phi) is 2.72. The number of rotatable bonds is 4. The number of carboxylic acids is 1. The number of hydrogen-bond acceptors (Lipinski definition) is 5. The van der Waals surface area contributed by atoms with Crippen molar-refractivity contribution in [3.63, 3.8) is 0 Å². The lowest BCUT2D eigenvalue weighted by Gasteiger charge is -1.95. The van der Waals surface area contributed by atoms with Crippen LogP contribution in [0.3, 0.4) is 0 Å². The van der Waals surface area contributed by atoms with E-state index >= 15 is 0 Å². The summed E-state index contributed by atoms with van der Waals surface area (Å²) in [5.74, 6) is -1.11. The Morgan fingerprint density at radius 2 is 2.50 bits per heavy atom. The summed E-state index contributed by atoms with van der Waals surface area (Å²) in [6.45, 7) is 0.666. The van der Waals surface area contributed by atoms with Crippen molar-refractivity contribution in [2.24, 2.45) is 0 Å². The zero-order chi connectivity index (χ0) is 8.97. The van der Waals surface area contributed by atoms with Gasteiger partial charge in [-0.2, -0.15) is 0 Å². The molecule has 1 aromatic heterocycles. The van der Waals surface area contributed by atoms with Crippen molar-refractivity contribution in [2.45, 2.75) is 6.54 Å². The maximum atomic E-state index is 10.3. The average Bonchev–Trinajstić information content (AvgIpc) is 2.48. The summed E-state index contributed by atoms with van der Waals surface area (Å²) in [6.07, 6.45) is 1.29. The van der Waals surface area contributed by atoms with Crippen molar-refractivity contribution in [1.29, 1.82) is 0 Å². The second-order valence-corrected chi connectivity index (χ2v) is 2.08. The molecule has 0 fully saturated rings. The monoisotopic (exact) mass is 172 g/mol. The van der Waals surface area contributed by atoms with Gasteiger partial charge in [-0.3, -0.25) is 4.68 Å². The number of aromatic carboxylic acids is 1. The SMILES string of the molecule is O=C(O)c1cn(CCNO)nn1. The van der Waals surface area contributed by atoms with Crippen molar-refractivity contribution < 1.29 is 15.1 Å². The molecule has 1 heterocycles. The lowest BCUT2D eigenvalue weighted by molar-refractivity contribution is 0.0690. The van der Waals surface area contributed by atoms with E-state index in [1.165, 1.54) is 10.9 Å². The standard InChI is InChI=1S/C5H8N4O3/c10-5(11)4-3-9(8-7-4)2-1-6-12/h3,6,12H,1-2H2,(H,10,11). The van der Waals surface area contributed by atoms with E-state index < -0.39 is 5.97 Å². The highest BCUT2D eigenvalue weighted by molar-refractivity contribution is 5.84. The van der Waals surface area contributed by atoms with E-state index in [4.69, 9.17) is 10.3 Å². The molecule has 1 rings (SSSR count). The third-order valence-corrected chi connectivity index (χ3v) is 1.21. The summed E-state index contributed by atoms with van der Waals surface area (Å²) < 4.78 is 1.33. The van der Waals surface area contributed by atoms with E-state index in [-0.39, 0.29) is 5.69 Å². The van der Waals surface area contributed by atoms with Gasteiger partial charge in [0.15, 0.2) is 5.69 Å². The molecule has 0 aliphatic carbocycles. The first-order valence-corrected chi connectivity index (χ1v) is 3.24. The minimum Gasteiger partial charge on any atom is -0.476 e. The number of nitrogens with one attached hydrogen (secondary N) is 1. The Morgan fingerprint density at radius 1 is 1.75 bits per heavy atom. The summed E-state index contributed by atoms with van der Waals surface area (Å²) in [5, 5.41) is 23.5. The molecule has 0 saturated heterocycles. The zero-order valence-corrected chi connectivity index (χ0v) is 6.14. The van der Waals surface area contributed by atoms with E-state index in [1.807, 2.05) is 5.48 Å². The number of hydrogen-bond donors (Lipinski definition) is 3. The number of carbonyl (C=O) groups is 1. The van der Waals surface area contributed by atoms with E-state index in [9.17, 15) is 4.79 Å². The van der Waals surface area contributed by atoms with Gasteiger partial charge in [0.2, 0.25) is 0 Å². The van der Waals surface area contributed by atoms with Gasteiger partial charge >= 0.3 is 5.97 Å². The molecular formula is C5H8N4O3. The van der Waals surface area contributed by atoms with Crippen LogP contribution in [0.1, 0.15) is 10.5 Å². The molecule has 1 aromatic rings. The van der Waals surface area contributed by atoms with E-state index in [0.717, 1.165) is 0 Å². The van der Waals surface area contributed by atoms with Gasteiger partial charge in [-0.25, -0.2) is 10.3 Å². The fraction of sp³-hybridized carbons (Fsp3) is 0.400. The van der Waals surface area contributed by atoms with Gasteiger partial charge < -0.3 is 10.3 Å². The van der Waals surface area contributed by atoms with Crippen LogP contribution in [0.2, 0.25) is 0 Å². The second kappa shape index (κ2) is 3.79. The van der Waals surface area contributed by atoms with Crippen molar-refractivity contribution in [1.82, 2.24) is 20.5 Å². The lowest BCUT2D eigenvalue weighted by atomic mass is 10.5. The van der Waals surface area contributed by atoms with E-state index in [2.05, 4.69) is 10.3 Å². The number of carboxylic acid groups (broad SMARTS) is 1. The van der Waals surface area contributed by atoms with Gasteiger partial charge in [0.1, 0.15) is 0 Å². The van der Waals surface area contributed by atoms with Gasteiger partial charge in [0.05, 0.1) is 12.7 Å². The molecular weight excluding hydrogens is 164 g/mol. The first-order chi connectivity index (χ1) is 5.74. The Morgan fingerprint density at radius 3 is 3.00 bits per heavy atom. The van der Waals surface area contributed by atoms with Crippen molar-refractivity contribution in [3.8, 4) is 0 Å². The molecule has 7 heteroatoms. The summed E-state index contributed by atoms with van der Waals surface area (Å²) in [6, 6.07) is 0.